The van der Waals surface area contributed by atoms with E-state index in [0.717, 1.165) is 19.4 Å². The highest BCUT2D eigenvalue weighted by atomic mass is 16.2. The third-order valence-electron chi connectivity index (χ3n) is 2.45. The van der Waals surface area contributed by atoms with E-state index >= 15 is 0 Å². The first-order valence-electron chi connectivity index (χ1n) is 4.56. The van der Waals surface area contributed by atoms with Crippen LogP contribution in [0.25, 0.3) is 0 Å². The van der Waals surface area contributed by atoms with Crippen molar-refractivity contribution >= 4 is 0 Å². The van der Waals surface area contributed by atoms with Crippen molar-refractivity contribution in [1.29, 1.82) is 0 Å². The van der Waals surface area contributed by atoms with Gasteiger partial charge in [-0.3, -0.25) is 4.68 Å². The second kappa shape index (κ2) is 3.27. The summed E-state index contributed by atoms with van der Waals surface area (Å²) in [5.74, 6) is 0. The van der Waals surface area contributed by atoms with Crippen molar-refractivity contribution in [3.05, 3.63) is 17.5 Å². The molecule has 1 N–H and O–H groups in total. The van der Waals surface area contributed by atoms with Crippen LogP contribution in [0.4, 0.5) is 0 Å². The maximum atomic E-state index is 8.80. The summed E-state index contributed by atoms with van der Waals surface area (Å²) in [6, 6.07) is 0. The Kier molecular flexibility index (Phi) is 2.13. The molecule has 1 aliphatic rings. The minimum Gasteiger partial charge on any atom is -0.396 e. The number of nitrogens with zero attached hydrogens (tertiary/aromatic N) is 2. The Hall–Kier alpha value is -0.830. The van der Waals surface area contributed by atoms with Crippen LogP contribution in [0.5, 0.6) is 0 Å². The number of aryl methyl sites for hydroxylation is 1. The molecule has 0 saturated carbocycles. The van der Waals surface area contributed by atoms with Gasteiger partial charge < -0.3 is 5.11 Å². The van der Waals surface area contributed by atoms with Gasteiger partial charge in [0.15, 0.2) is 0 Å². The van der Waals surface area contributed by atoms with Crippen molar-refractivity contribution in [2.75, 3.05) is 6.61 Å². The Morgan fingerprint density at radius 2 is 2.42 bits per heavy atom. The molecule has 66 valence electrons. The van der Waals surface area contributed by atoms with Crippen LogP contribution in [0.15, 0.2) is 6.20 Å². The van der Waals surface area contributed by atoms with Gasteiger partial charge in [-0.25, -0.2) is 0 Å². The van der Waals surface area contributed by atoms with E-state index < -0.39 is 0 Å². The molecule has 1 aromatic rings. The van der Waals surface area contributed by atoms with Gasteiger partial charge in [-0.15, -0.1) is 0 Å². The van der Waals surface area contributed by atoms with Gasteiger partial charge in [-0.05, 0) is 31.2 Å². The van der Waals surface area contributed by atoms with E-state index in [1.54, 1.807) is 0 Å². The molecule has 2 heterocycles. The van der Waals surface area contributed by atoms with Crippen LogP contribution >= 0.6 is 0 Å². The molecule has 3 nitrogen and oxygen atoms in total. The van der Waals surface area contributed by atoms with Gasteiger partial charge in [0.2, 0.25) is 0 Å². The number of aliphatic hydroxyl groups excluding tert-OH is 1. The number of rotatable bonds is 2. The largest absolute Gasteiger partial charge is 0.396 e. The van der Waals surface area contributed by atoms with E-state index in [1.807, 2.05) is 6.20 Å². The molecule has 0 fully saturated rings. The third kappa shape index (κ3) is 1.25. The first-order chi connectivity index (χ1) is 5.92. The monoisotopic (exact) mass is 166 g/mol. The number of hydrogen-bond donors (Lipinski definition) is 1. The van der Waals surface area contributed by atoms with Gasteiger partial charge in [0.1, 0.15) is 0 Å². The second-order valence-corrected chi connectivity index (χ2v) is 3.27. The lowest BCUT2D eigenvalue weighted by Crippen LogP contribution is -2.12. The van der Waals surface area contributed by atoms with Gasteiger partial charge in [0.25, 0.3) is 0 Å². The summed E-state index contributed by atoms with van der Waals surface area (Å²) >= 11 is 0. The van der Waals surface area contributed by atoms with Crippen molar-refractivity contribution in [3.8, 4) is 0 Å². The maximum Gasteiger partial charge on any atom is 0.0525 e. The molecule has 0 spiro atoms. The van der Waals surface area contributed by atoms with E-state index in [1.165, 1.54) is 24.1 Å². The molecule has 1 aliphatic heterocycles. The van der Waals surface area contributed by atoms with Crippen LogP contribution in [-0.2, 0) is 19.4 Å². The van der Waals surface area contributed by atoms with Gasteiger partial charge >= 0.3 is 0 Å². The van der Waals surface area contributed by atoms with Gasteiger partial charge in [0, 0.05) is 18.8 Å². The Balaban J connectivity index is 2.25. The molecule has 0 unspecified atom stereocenters. The topological polar surface area (TPSA) is 38.1 Å². The molecule has 0 amide bonds. The average molecular weight is 166 g/mol. The Labute approximate surface area is 72.0 Å². The van der Waals surface area contributed by atoms with Gasteiger partial charge in [-0.2, -0.15) is 5.10 Å². The number of aliphatic hydroxyl groups is 1. The van der Waals surface area contributed by atoms with Crippen molar-refractivity contribution in [2.24, 2.45) is 0 Å². The lowest BCUT2D eigenvalue weighted by Gasteiger charge is -2.14. The molecule has 0 radical (unpaired) electrons. The fourth-order valence-corrected chi connectivity index (χ4v) is 1.81. The molecule has 0 aliphatic carbocycles. The predicted molar refractivity (Wildman–Crippen MR) is 46.0 cm³/mol. The Morgan fingerprint density at radius 3 is 3.25 bits per heavy atom. The van der Waals surface area contributed by atoms with Crippen molar-refractivity contribution in [2.45, 2.75) is 32.2 Å². The Morgan fingerprint density at radius 1 is 1.50 bits per heavy atom. The Bertz CT molecular complexity index is 267. The molecule has 0 bridgehead atoms. The summed E-state index contributed by atoms with van der Waals surface area (Å²) in [7, 11) is 0. The summed E-state index contributed by atoms with van der Waals surface area (Å²) in [6.45, 7) is 1.29. The highest BCUT2D eigenvalue weighted by molar-refractivity contribution is 5.19. The van der Waals surface area contributed by atoms with E-state index in [4.69, 9.17) is 5.11 Å². The zero-order valence-corrected chi connectivity index (χ0v) is 7.16. The summed E-state index contributed by atoms with van der Waals surface area (Å²) in [4.78, 5) is 0. The van der Waals surface area contributed by atoms with Crippen LogP contribution in [0.2, 0.25) is 0 Å². The molecular weight excluding hydrogens is 152 g/mol. The molecule has 0 atom stereocenters. The van der Waals surface area contributed by atoms with Crippen LogP contribution < -0.4 is 0 Å². The second-order valence-electron chi connectivity index (χ2n) is 3.27. The normalized spacial score (nSPS) is 16.1. The molecule has 0 aromatic carbocycles. The van der Waals surface area contributed by atoms with Gasteiger partial charge in [0.05, 0.1) is 6.20 Å². The first-order valence-corrected chi connectivity index (χ1v) is 4.56. The van der Waals surface area contributed by atoms with Crippen molar-refractivity contribution in [1.82, 2.24) is 9.78 Å². The van der Waals surface area contributed by atoms with Crippen LogP contribution in [0.1, 0.15) is 24.1 Å². The highest BCUT2D eigenvalue weighted by Gasteiger charge is 2.13. The molecule has 0 saturated heterocycles. The minimum atomic E-state index is 0.235. The van der Waals surface area contributed by atoms with Gasteiger partial charge in [-0.1, -0.05) is 0 Å². The summed E-state index contributed by atoms with van der Waals surface area (Å²) in [5, 5.41) is 13.1. The van der Waals surface area contributed by atoms with Crippen molar-refractivity contribution < 1.29 is 5.11 Å². The summed E-state index contributed by atoms with van der Waals surface area (Å²) < 4.78 is 2.08. The van der Waals surface area contributed by atoms with Crippen molar-refractivity contribution in [3.63, 3.8) is 0 Å². The summed E-state index contributed by atoms with van der Waals surface area (Å²) in [6.07, 6.45) is 6.30. The lowest BCUT2D eigenvalue weighted by molar-refractivity contribution is 0.299. The fourth-order valence-electron chi connectivity index (χ4n) is 1.81. The van der Waals surface area contributed by atoms with Crippen LogP contribution in [0, 0.1) is 0 Å². The predicted octanol–water partition coefficient (Wildman–Crippen LogP) is 0.754. The highest BCUT2D eigenvalue weighted by Crippen LogP contribution is 2.17. The number of fused-ring (bicyclic) bond motifs is 1. The van der Waals surface area contributed by atoms with E-state index in [-0.39, 0.29) is 6.61 Å². The third-order valence-corrected chi connectivity index (χ3v) is 2.45. The molecule has 2 rings (SSSR count). The maximum absolute atomic E-state index is 8.80. The first kappa shape index (κ1) is 7.80. The molecule has 12 heavy (non-hydrogen) atoms. The zero-order chi connectivity index (χ0) is 8.39. The molecule has 3 heteroatoms. The summed E-state index contributed by atoms with van der Waals surface area (Å²) in [5.41, 5.74) is 2.58. The lowest BCUT2D eigenvalue weighted by atomic mass is 10.1. The minimum absolute atomic E-state index is 0.235. The zero-order valence-electron chi connectivity index (χ0n) is 7.16. The van der Waals surface area contributed by atoms with E-state index in [0.29, 0.717) is 0 Å². The average Bonchev–Trinajstić information content (AvgIpc) is 2.50. The van der Waals surface area contributed by atoms with E-state index in [2.05, 4.69) is 9.78 Å². The van der Waals surface area contributed by atoms with E-state index in [9.17, 15) is 0 Å². The molecule has 1 aromatic heterocycles. The fraction of sp³-hybridized carbons (Fsp3) is 0.667. The molecular formula is C9H14N2O. The van der Waals surface area contributed by atoms with Crippen LogP contribution in [0.3, 0.4) is 0 Å². The quantitative estimate of drug-likeness (QED) is 0.704. The number of hydrogen-bond acceptors (Lipinski definition) is 2. The van der Waals surface area contributed by atoms with Crippen LogP contribution in [-0.4, -0.2) is 21.5 Å². The number of aromatic nitrogens is 2. The standard InChI is InChI=1S/C9H14N2O/c12-6-4-8-7-10-11-5-2-1-3-9(8)11/h7,12H,1-6H2. The smallest absolute Gasteiger partial charge is 0.0525 e. The SMILES string of the molecule is OCCc1cnn2c1CCCC2.